The van der Waals surface area contributed by atoms with Gasteiger partial charge in [-0.25, -0.2) is 0 Å². The maximum absolute atomic E-state index is 10.7. The van der Waals surface area contributed by atoms with Gasteiger partial charge < -0.3 is 20.4 Å². The molecule has 0 spiro atoms. The van der Waals surface area contributed by atoms with Crippen LogP contribution in [0.5, 0.6) is 0 Å². The smallest absolute Gasteiger partial charge is 0.114 e. The van der Waals surface area contributed by atoms with Crippen molar-refractivity contribution in [3.63, 3.8) is 0 Å². The molecule has 5 heteroatoms. The van der Waals surface area contributed by atoms with Crippen molar-refractivity contribution in [3.8, 4) is 0 Å². The lowest BCUT2D eigenvalue weighted by molar-refractivity contribution is -0.144. The quantitative estimate of drug-likeness (QED) is 0.402. The highest BCUT2D eigenvalue weighted by Gasteiger charge is 2.46. The molecule has 0 aromatic heterocycles. The van der Waals surface area contributed by atoms with E-state index < -0.39 is 23.4 Å². The molecule has 4 nitrogen and oxygen atoms in total. The van der Waals surface area contributed by atoms with E-state index in [2.05, 4.69) is 45.9 Å². The van der Waals surface area contributed by atoms with Gasteiger partial charge in [0.1, 0.15) is 5.60 Å². The third-order valence-electron chi connectivity index (χ3n) is 8.76. The van der Waals surface area contributed by atoms with Crippen LogP contribution in [0.1, 0.15) is 86.0 Å². The normalized spacial score (nSPS) is 37.9. The molecular formula is C27H44O4S. The molecule has 0 bridgehead atoms. The summed E-state index contributed by atoms with van der Waals surface area (Å²) >= 11 is 1.89. The fourth-order valence-corrected chi connectivity index (χ4v) is 7.40. The zero-order valence-corrected chi connectivity index (χ0v) is 21.4. The molecule has 0 radical (unpaired) electrons. The number of rotatable bonds is 7. The lowest BCUT2D eigenvalue weighted by atomic mass is 9.63. The highest BCUT2D eigenvalue weighted by atomic mass is 32.2. The van der Waals surface area contributed by atoms with E-state index in [1.165, 1.54) is 25.3 Å². The van der Waals surface area contributed by atoms with Gasteiger partial charge in [-0.05, 0) is 76.5 Å². The number of aliphatic hydroxyl groups is 4. The fraction of sp³-hybridized carbons (Fsp3) is 0.778. The summed E-state index contributed by atoms with van der Waals surface area (Å²) in [5, 5.41) is 41.8. The van der Waals surface area contributed by atoms with E-state index in [1.54, 1.807) is 5.57 Å². The molecule has 3 aliphatic rings. The van der Waals surface area contributed by atoms with Gasteiger partial charge in [-0.3, -0.25) is 0 Å². The molecular weight excluding hydrogens is 420 g/mol. The van der Waals surface area contributed by atoms with Crippen LogP contribution in [0.4, 0.5) is 0 Å². The summed E-state index contributed by atoms with van der Waals surface area (Å²) in [5.74, 6) is 1.28. The van der Waals surface area contributed by atoms with E-state index in [1.807, 2.05) is 11.8 Å². The summed E-state index contributed by atoms with van der Waals surface area (Å²) in [6.45, 7) is 10.4. The number of hydrogen-bond acceptors (Lipinski definition) is 5. The van der Waals surface area contributed by atoms with Crippen LogP contribution in [-0.2, 0) is 0 Å². The SMILES string of the molecule is CCC(O)(CC)CS[C@H](C)C1=CCC2/C(=C\C=C3C[C@@H](O)C(C)(O)[C@H](O)C3)CCCC12C. The minimum absolute atomic E-state index is 0.167. The summed E-state index contributed by atoms with van der Waals surface area (Å²) < 4.78 is 0. The summed E-state index contributed by atoms with van der Waals surface area (Å²) in [7, 11) is 0. The molecule has 0 aromatic rings. The molecule has 4 N–H and O–H groups in total. The first-order chi connectivity index (χ1) is 15.0. The molecule has 2 fully saturated rings. The highest BCUT2D eigenvalue weighted by Crippen LogP contribution is 2.57. The fourth-order valence-electron chi connectivity index (χ4n) is 5.88. The number of hydrogen-bond donors (Lipinski definition) is 4. The van der Waals surface area contributed by atoms with Crippen LogP contribution in [0, 0.1) is 11.3 Å². The standard InChI is InChI=1S/C27H44O4S/c1-6-27(31,7-2)17-32-18(3)21-12-13-22-20(9-8-14-25(21,22)4)11-10-19-15-23(28)26(5,30)24(29)16-19/h10-12,18,22-24,28-31H,6-9,13-17H2,1-5H3/b19-10?,20-11-/t18-,22?,23-,24-,25?,26?/m1/s1. The first-order valence-corrected chi connectivity index (χ1v) is 13.5. The average molecular weight is 465 g/mol. The molecule has 182 valence electrons. The van der Waals surface area contributed by atoms with Crippen molar-refractivity contribution in [3.05, 3.63) is 34.9 Å². The van der Waals surface area contributed by atoms with Gasteiger partial charge in [0.05, 0.1) is 17.8 Å². The van der Waals surface area contributed by atoms with E-state index >= 15 is 0 Å². The largest absolute Gasteiger partial charge is 0.390 e. The number of thioether (sulfide) groups is 1. The first-order valence-electron chi connectivity index (χ1n) is 12.5. The van der Waals surface area contributed by atoms with Crippen molar-refractivity contribution in [2.24, 2.45) is 11.3 Å². The molecule has 0 saturated heterocycles. The Bertz CT molecular complexity index is 748. The minimum Gasteiger partial charge on any atom is -0.390 e. The molecule has 2 saturated carbocycles. The Kier molecular flexibility index (Phi) is 8.09. The summed E-state index contributed by atoms with van der Waals surface area (Å²) in [4.78, 5) is 0. The summed E-state index contributed by atoms with van der Waals surface area (Å²) in [6.07, 6.45) is 11.8. The van der Waals surface area contributed by atoms with Gasteiger partial charge in [0, 0.05) is 11.0 Å². The second kappa shape index (κ2) is 9.95. The minimum atomic E-state index is -1.44. The van der Waals surface area contributed by atoms with E-state index in [4.69, 9.17) is 0 Å². The van der Waals surface area contributed by atoms with E-state index in [0.717, 1.165) is 37.0 Å². The van der Waals surface area contributed by atoms with E-state index in [0.29, 0.717) is 24.0 Å². The van der Waals surface area contributed by atoms with Crippen molar-refractivity contribution < 1.29 is 20.4 Å². The average Bonchev–Trinajstić information content (AvgIpc) is 3.12. The van der Waals surface area contributed by atoms with Crippen LogP contribution < -0.4 is 0 Å². The Morgan fingerprint density at radius 3 is 2.38 bits per heavy atom. The topological polar surface area (TPSA) is 80.9 Å². The summed E-state index contributed by atoms with van der Waals surface area (Å²) in [5.41, 5.74) is 2.18. The molecule has 3 aliphatic carbocycles. The monoisotopic (exact) mass is 464 g/mol. The third-order valence-corrected chi connectivity index (χ3v) is 10.2. The van der Waals surface area contributed by atoms with Crippen LogP contribution in [0.3, 0.4) is 0 Å². The van der Waals surface area contributed by atoms with E-state index in [-0.39, 0.29) is 5.41 Å². The van der Waals surface area contributed by atoms with Gasteiger partial charge in [-0.1, -0.05) is 55.7 Å². The molecule has 5 atom stereocenters. The maximum Gasteiger partial charge on any atom is 0.114 e. The molecule has 0 heterocycles. The van der Waals surface area contributed by atoms with E-state index in [9.17, 15) is 20.4 Å². The molecule has 32 heavy (non-hydrogen) atoms. The zero-order chi connectivity index (χ0) is 23.7. The van der Waals surface area contributed by atoms with Crippen LogP contribution in [0.25, 0.3) is 0 Å². The van der Waals surface area contributed by atoms with Gasteiger partial charge in [0.2, 0.25) is 0 Å². The molecule has 0 aliphatic heterocycles. The predicted octanol–water partition coefficient (Wildman–Crippen LogP) is 4.92. The molecule has 0 aromatic carbocycles. The van der Waals surface area contributed by atoms with Gasteiger partial charge in [-0.15, -0.1) is 0 Å². The van der Waals surface area contributed by atoms with Gasteiger partial charge in [-0.2, -0.15) is 11.8 Å². The Morgan fingerprint density at radius 1 is 1.16 bits per heavy atom. The lowest BCUT2D eigenvalue weighted by Gasteiger charge is -2.43. The zero-order valence-electron chi connectivity index (χ0n) is 20.6. The lowest BCUT2D eigenvalue weighted by Crippen LogP contribution is -2.52. The first kappa shape index (κ1) is 26.0. The third kappa shape index (κ3) is 5.07. The predicted molar refractivity (Wildman–Crippen MR) is 134 cm³/mol. The number of aliphatic hydroxyl groups excluding tert-OH is 2. The maximum atomic E-state index is 10.7. The molecule has 0 amide bonds. The van der Waals surface area contributed by atoms with Crippen molar-refractivity contribution in [1.29, 1.82) is 0 Å². The van der Waals surface area contributed by atoms with Crippen LogP contribution >= 0.6 is 11.8 Å². The van der Waals surface area contributed by atoms with Gasteiger partial charge >= 0.3 is 0 Å². The number of fused-ring (bicyclic) bond motifs is 1. The molecule has 2 unspecified atom stereocenters. The Hall–Kier alpha value is -0.590. The Labute approximate surface area is 198 Å². The molecule has 3 rings (SSSR count). The van der Waals surface area contributed by atoms with Gasteiger partial charge in [0.25, 0.3) is 0 Å². The van der Waals surface area contributed by atoms with Crippen molar-refractivity contribution in [2.75, 3.05) is 5.75 Å². The van der Waals surface area contributed by atoms with Gasteiger partial charge in [0.15, 0.2) is 0 Å². The van der Waals surface area contributed by atoms with Crippen LogP contribution in [-0.4, -0.2) is 54.8 Å². The highest BCUT2D eigenvalue weighted by molar-refractivity contribution is 8.00. The second-order valence-electron chi connectivity index (χ2n) is 10.8. The van der Waals surface area contributed by atoms with Crippen molar-refractivity contribution in [2.45, 2.75) is 115 Å². The second-order valence-corrected chi connectivity index (χ2v) is 12.2. The van der Waals surface area contributed by atoms with Crippen molar-refractivity contribution in [1.82, 2.24) is 0 Å². The summed E-state index contributed by atoms with van der Waals surface area (Å²) in [6, 6.07) is 0. The van der Waals surface area contributed by atoms with Crippen LogP contribution in [0.2, 0.25) is 0 Å². The number of allylic oxidation sites excluding steroid dienone is 4. The van der Waals surface area contributed by atoms with Crippen LogP contribution in [0.15, 0.2) is 34.9 Å². The Balaban J connectivity index is 1.71. The van der Waals surface area contributed by atoms with Crippen molar-refractivity contribution >= 4 is 11.8 Å². The Morgan fingerprint density at radius 2 is 1.78 bits per heavy atom.